The van der Waals surface area contributed by atoms with Crippen LogP contribution in [0, 0.1) is 0 Å². The summed E-state index contributed by atoms with van der Waals surface area (Å²) in [4.78, 5) is 14.2. The zero-order valence-corrected chi connectivity index (χ0v) is 12.0. The maximum atomic E-state index is 12.0. The highest BCUT2D eigenvalue weighted by Crippen LogP contribution is 2.41. The van der Waals surface area contributed by atoms with Crippen LogP contribution in [0.2, 0.25) is 0 Å². The molecule has 1 aromatic carbocycles. The monoisotopic (exact) mass is 261 g/mol. The Bertz CT molecular complexity index is 418. The van der Waals surface area contributed by atoms with E-state index in [-0.39, 0.29) is 18.1 Å². The fraction of sp³-hybridized carbons (Fsp3) is 0.562. The number of carbonyl (C=O) groups excluding carboxylic acids is 1. The fourth-order valence-electron chi connectivity index (χ4n) is 2.84. The van der Waals surface area contributed by atoms with E-state index in [2.05, 4.69) is 30.9 Å². The van der Waals surface area contributed by atoms with E-state index in [0.717, 1.165) is 12.8 Å². The summed E-state index contributed by atoms with van der Waals surface area (Å²) in [6.45, 7) is 6.64. The lowest BCUT2D eigenvalue weighted by molar-refractivity contribution is -0.143. The van der Waals surface area contributed by atoms with Crippen molar-refractivity contribution in [3.05, 3.63) is 35.9 Å². The lowest BCUT2D eigenvalue weighted by Gasteiger charge is -2.15. The van der Waals surface area contributed by atoms with E-state index in [1.165, 1.54) is 5.56 Å². The van der Waals surface area contributed by atoms with E-state index in [9.17, 15) is 4.79 Å². The van der Waals surface area contributed by atoms with Crippen LogP contribution in [-0.2, 0) is 9.53 Å². The van der Waals surface area contributed by atoms with Crippen molar-refractivity contribution in [3.8, 4) is 0 Å². The molecule has 0 aliphatic carbocycles. The van der Waals surface area contributed by atoms with Gasteiger partial charge in [-0.3, -0.25) is 9.69 Å². The lowest BCUT2D eigenvalue weighted by Crippen LogP contribution is -2.18. The summed E-state index contributed by atoms with van der Waals surface area (Å²) in [5.41, 5.74) is 1.26. The standard InChI is InChI=1S/C16H23NO2/c1-4-9-14-15(16(18)19-5-2)17(14)12(3)13-10-7-6-8-11-13/h6-8,10-12,14-15H,4-5,9H2,1-3H3/t12-,14+,15+,17?/m0/s1. The van der Waals surface area contributed by atoms with Crippen molar-refractivity contribution >= 4 is 5.97 Å². The molecule has 0 spiro atoms. The zero-order valence-electron chi connectivity index (χ0n) is 12.0. The minimum Gasteiger partial charge on any atom is -0.465 e. The van der Waals surface area contributed by atoms with E-state index < -0.39 is 0 Å². The number of ether oxygens (including phenoxy) is 1. The van der Waals surface area contributed by atoms with Crippen LogP contribution in [0.5, 0.6) is 0 Å². The lowest BCUT2D eigenvalue weighted by atomic mass is 10.1. The molecule has 2 rings (SSSR count). The van der Waals surface area contributed by atoms with Gasteiger partial charge in [0.2, 0.25) is 0 Å². The van der Waals surface area contributed by atoms with E-state index in [1.807, 2.05) is 25.1 Å². The average Bonchev–Trinajstić information content (AvgIpc) is 3.14. The summed E-state index contributed by atoms with van der Waals surface area (Å²) < 4.78 is 5.18. The van der Waals surface area contributed by atoms with Crippen molar-refractivity contribution in [1.29, 1.82) is 0 Å². The number of carbonyl (C=O) groups is 1. The van der Waals surface area contributed by atoms with E-state index in [4.69, 9.17) is 4.74 Å². The first kappa shape index (κ1) is 14.1. The molecule has 0 amide bonds. The Morgan fingerprint density at radius 1 is 1.32 bits per heavy atom. The first-order chi connectivity index (χ1) is 9.20. The molecule has 0 N–H and O–H groups in total. The maximum Gasteiger partial charge on any atom is 0.325 e. The molecule has 1 saturated heterocycles. The SMILES string of the molecule is CCC[C@@H]1[C@H](C(=O)OCC)N1[C@@H](C)c1ccccc1. The molecule has 1 aliphatic heterocycles. The fourth-order valence-corrected chi connectivity index (χ4v) is 2.84. The smallest absolute Gasteiger partial charge is 0.325 e. The molecule has 1 aliphatic rings. The summed E-state index contributed by atoms with van der Waals surface area (Å²) >= 11 is 0. The molecule has 1 fully saturated rings. The van der Waals surface area contributed by atoms with Crippen LogP contribution >= 0.6 is 0 Å². The predicted octanol–water partition coefficient (Wildman–Crippen LogP) is 3.16. The van der Waals surface area contributed by atoms with Gasteiger partial charge in [-0.1, -0.05) is 43.7 Å². The van der Waals surface area contributed by atoms with E-state index in [0.29, 0.717) is 12.6 Å². The Hall–Kier alpha value is -1.35. The normalized spacial score (nSPS) is 26.8. The van der Waals surface area contributed by atoms with Gasteiger partial charge in [-0.05, 0) is 25.8 Å². The zero-order chi connectivity index (χ0) is 13.8. The molecule has 0 radical (unpaired) electrons. The average molecular weight is 261 g/mol. The number of rotatable bonds is 6. The molecule has 3 heteroatoms. The highest BCUT2D eigenvalue weighted by molar-refractivity contribution is 5.80. The largest absolute Gasteiger partial charge is 0.465 e. The topological polar surface area (TPSA) is 29.3 Å². The maximum absolute atomic E-state index is 12.0. The Morgan fingerprint density at radius 2 is 2.00 bits per heavy atom. The van der Waals surface area contributed by atoms with Crippen LogP contribution < -0.4 is 0 Å². The van der Waals surface area contributed by atoms with Gasteiger partial charge in [0.25, 0.3) is 0 Å². The van der Waals surface area contributed by atoms with Crippen molar-refractivity contribution in [1.82, 2.24) is 4.90 Å². The highest BCUT2D eigenvalue weighted by Gasteiger charge is 2.54. The summed E-state index contributed by atoms with van der Waals surface area (Å²) in [5.74, 6) is -0.0660. The van der Waals surface area contributed by atoms with Gasteiger partial charge < -0.3 is 4.74 Å². The Balaban J connectivity index is 2.08. The number of esters is 1. The second-order valence-corrected chi connectivity index (χ2v) is 5.09. The molecular formula is C16H23NO2. The molecular weight excluding hydrogens is 238 g/mol. The number of hydrogen-bond donors (Lipinski definition) is 0. The molecule has 104 valence electrons. The predicted molar refractivity (Wildman–Crippen MR) is 75.8 cm³/mol. The van der Waals surface area contributed by atoms with E-state index >= 15 is 0 Å². The third-order valence-electron chi connectivity index (χ3n) is 3.82. The Morgan fingerprint density at radius 3 is 2.58 bits per heavy atom. The number of hydrogen-bond acceptors (Lipinski definition) is 3. The molecule has 0 bridgehead atoms. The van der Waals surface area contributed by atoms with Crippen LogP contribution in [0.4, 0.5) is 0 Å². The van der Waals surface area contributed by atoms with Crippen molar-refractivity contribution in [2.24, 2.45) is 0 Å². The van der Waals surface area contributed by atoms with Gasteiger partial charge in [-0.2, -0.15) is 0 Å². The molecule has 3 nitrogen and oxygen atoms in total. The van der Waals surface area contributed by atoms with Crippen LogP contribution in [0.1, 0.15) is 45.2 Å². The first-order valence-corrected chi connectivity index (χ1v) is 7.19. The first-order valence-electron chi connectivity index (χ1n) is 7.19. The van der Waals surface area contributed by atoms with Gasteiger partial charge in [-0.15, -0.1) is 0 Å². The number of nitrogens with zero attached hydrogens (tertiary/aromatic N) is 1. The van der Waals surface area contributed by atoms with Crippen molar-refractivity contribution in [2.45, 2.75) is 51.7 Å². The van der Waals surface area contributed by atoms with Crippen LogP contribution in [0.15, 0.2) is 30.3 Å². The Kier molecular flexibility index (Phi) is 4.59. The van der Waals surface area contributed by atoms with Crippen molar-refractivity contribution in [3.63, 3.8) is 0 Å². The third-order valence-corrected chi connectivity index (χ3v) is 3.82. The van der Waals surface area contributed by atoms with Gasteiger partial charge in [0.05, 0.1) is 6.61 Å². The van der Waals surface area contributed by atoms with Gasteiger partial charge in [-0.25, -0.2) is 0 Å². The van der Waals surface area contributed by atoms with Gasteiger partial charge in [0.15, 0.2) is 0 Å². The Labute approximate surface area is 115 Å². The molecule has 1 unspecified atom stereocenters. The van der Waals surface area contributed by atoms with Gasteiger partial charge in [0, 0.05) is 12.1 Å². The number of benzene rings is 1. The van der Waals surface area contributed by atoms with Gasteiger partial charge >= 0.3 is 5.97 Å². The quantitative estimate of drug-likeness (QED) is 0.582. The minimum absolute atomic E-state index is 0.0462. The minimum atomic E-state index is -0.0660. The highest BCUT2D eigenvalue weighted by atomic mass is 16.5. The summed E-state index contributed by atoms with van der Waals surface area (Å²) in [7, 11) is 0. The summed E-state index contributed by atoms with van der Waals surface area (Å²) in [6, 6.07) is 10.9. The second-order valence-electron chi connectivity index (χ2n) is 5.09. The summed E-state index contributed by atoms with van der Waals surface area (Å²) in [5, 5.41) is 0. The molecule has 0 aromatic heterocycles. The molecule has 1 heterocycles. The van der Waals surface area contributed by atoms with Crippen LogP contribution in [-0.4, -0.2) is 29.6 Å². The van der Waals surface area contributed by atoms with Crippen molar-refractivity contribution < 1.29 is 9.53 Å². The molecule has 19 heavy (non-hydrogen) atoms. The van der Waals surface area contributed by atoms with Crippen LogP contribution in [0.3, 0.4) is 0 Å². The molecule has 4 atom stereocenters. The van der Waals surface area contributed by atoms with Gasteiger partial charge in [0.1, 0.15) is 6.04 Å². The molecule has 0 saturated carbocycles. The summed E-state index contributed by atoms with van der Waals surface area (Å²) in [6.07, 6.45) is 2.15. The van der Waals surface area contributed by atoms with E-state index in [1.54, 1.807) is 0 Å². The third kappa shape index (κ3) is 2.98. The van der Waals surface area contributed by atoms with Crippen molar-refractivity contribution in [2.75, 3.05) is 6.61 Å². The second kappa shape index (κ2) is 6.20. The molecule has 1 aromatic rings. The van der Waals surface area contributed by atoms with Crippen LogP contribution in [0.25, 0.3) is 0 Å².